The Hall–Kier alpha value is -0.580. The Morgan fingerprint density at radius 1 is 1.30 bits per heavy atom. The smallest absolute Gasteiger partial charge is 0.133 e. The average molecular weight is 341 g/mol. The zero-order valence-electron chi connectivity index (χ0n) is 13.0. The van der Waals surface area contributed by atoms with Crippen molar-refractivity contribution in [2.75, 3.05) is 7.11 Å². The van der Waals surface area contributed by atoms with Gasteiger partial charge in [-0.2, -0.15) is 0 Å². The fourth-order valence-electron chi connectivity index (χ4n) is 3.62. The van der Waals surface area contributed by atoms with Crippen molar-refractivity contribution in [1.82, 2.24) is 5.43 Å². The first-order valence-corrected chi connectivity index (χ1v) is 7.83. The molecular weight excluding hydrogens is 316 g/mol. The van der Waals surface area contributed by atoms with Gasteiger partial charge in [-0.3, -0.25) is 11.3 Å². The Kier molecular flexibility index (Phi) is 4.20. The third-order valence-corrected chi connectivity index (χ3v) is 6.04. The van der Waals surface area contributed by atoms with E-state index in [0.717, 1.165) is 16.6 Å². The second kappa shape index (κ2) is 5.32. The SMILES string of the molecule is COc1ccc(CC(NN)C2C(C)(C)C2(C)C)cc1Br. The van der Waals surface area contributed by atoms with Gasteiger partial charge < -0.3 is 4.74 Å². The summed E-state index contributed by atoms with van der Waals surface area (Å²) in [4.78, 5) is 0. The normalized spacial score (nSPS) is 21.6. The van der Waals surface area contributed by atoms with E-state index in [1.807, 2.05) is 6.07 Å². The molecule has 0 aliphatic heterocycles. The van der Waals surface area contributed by atoms with Gasteiger partial charge in [0.05, 0.1) is 11.6 Å². The number of hydrogen-bond donors (Lipinski definition) is 2. The lowest BCUT2D eigenvalue weighted by Crippen LogP contribution is -2.40. The summed E-state index contributed by atoms with van der Waals surface area (Å²) in [6.07, 6.45) is 0.927. The molecule has 1 aliphatic rings. The van der Waals surface area contributed by atoms with Crippen molar-refractivity contribution < 1.29 is 4.74 Å². The number of halogens is 1. The minimum atomic E-state index is 0.292. The summed E-state index contributed by atoms with van der Waals surface area (Å²) in [5, 5.41) is 0. The quantitative estimate of drug-likeness (QED) is 0.636. The number of rotatable bonds is 5. The van der Waals surface area contributed by atoms with Gasteiger partial charge in [0.2, 0.25) is 0 Å². The van der Waals surface area contributed by atoms with Gasteiger partial charge in [-0.05, 0) is 56.8 Å². The Labute approximate surface area is 130 Å². The monoisotopic (exact) mass is 340 g/mol. The van der Waals surface area contributed by atoms with E-state index in [4.69, 9.17) is 10.6 Å². The van der Waals surface area contributed by atoms with E-state index >= 15 is 0 Å². The van der Waals surface area contributed by atoms with Crippen LogP contribution in [-0.4, -0.2) is 13.2 Å². The molecule has 1 atom stereocenters. The molecule has 1 unspecified atom stereocenters. The minimum Gasteiger partial charge on any atom is -0.496 e. The van der Waals surface area contributed by atoms with Gasteiger partial charge in [-0.15, -0.1) is 0 Å². The molecule has 1 aromatic rings. The summed E-state index contributed by atoms with van der Waals surface area (Å²) in [5.74, 6) is 7.25. The van der Waals surface area contributed by atoms with Crippen LogP contribution >= 0.6 is 15.9 Å². The Bertz CT molecular complexity index is 485. The number of nitrogens with two attached hydrogens (primary N) is 1. The maximum Gasteiger partial charge on any atom is 0.133 e. The average Bonchev–Trinajstić information content (AvgIpc) is 2.77. The standard InChI is InChI=1S/C16H25BrN2O/c1-15(2)14(16(15,3)4)12(19-18)9-10-6-7-13(20-5)11(17)8-10/h6-8,12,14,19H,9,18H2,1-5H3. The van der Waals surface area contributed by atoms with Crippen LogP contribution in [0.3, 0.4) is 0 Å². The summed E-state index contributed by atoms with van der Waals surface area (Å²) >= 11 is 3.54. The molecular formula is C16H25BrN2O. The molecule has 0 amide bonds. The fourth-order valence-corrected chi connectivity index (χ4v) is 4.21. The summed E-state index contributed by atoms with van der Waals surface area (Å²) in [6.45, 7) is 9.30. The van der Waals surface area contributed by atoms with E-state index in [2.05, 4.69) is 61.2 Å². The highest BCUT2D eigenvalue weighted by Crippen LogP contribution is 2.69. The first-order valence-electron chi connectivity index (χ1n) is 7.04. The van der Waals surface area contributed by atoms with E-state index in [1.165, 1.54) is 5.56 Å². The lowest BCUT2D eigenvalue weighted by Gasteiger charge is -2.19. The van der Waals surface area contributed by atoms with Gasteiger partial charge >= 0.3 is 0 Å². The number of benzene rings is 1. The lowest BCUT2D eigenvalue weighted by molar-refractivity contribution is 0.400. The van der Waals surface area contributed by atoms with Crippen molar-refractivity contribution in [3.8, 4) is 5.75 Å². The van der Waals surface area contributed by atoms with Gasteiger partial charge in [0.1, 0.15) is 5.75 Å². The van der Waals surface area contributed by atoms with Crippen molar-refractivity contribution in [2.24, 2.45) is 22.6 Å². The molecule has 3 N–H and O–H groups in total. The van der Waals surface area contributed by atoms with Crippen molar-refractivity contribution in [1.29, 1.82) is 0 Å². The van der Waals surface area contributed by atoms with Crippen LogP contribution in [0.25, 0.3) is 0 Å². The van der Waals surface area contributed by atoms with E-state index in [9.17, 15) is 0 Å². The van der Waals surface area contributed by atoms with Crippen LogP contribution < -0.4 is 16.0 Å². The predicted octanol–water partition coefficient (Wildman–Crippen LogP) is 3.51. The predicted molar refractivity (Wildman–Crippen MR) is 86.6 cm³/mol. The third kappa shape index (κ3) is 2.49. The maximum absolute atomic E-state index is 5.81. The maximum atomic E-state index is 5.81. The van der Waals surface area contributed by atoms with Gasteiger partial charge in [0.15, 0.2) is 0 Å². The van der Waals surface area contributed by atoms with Crippen molar-refractivity contribution in [3.05, 3.63) is 28.2 Å². The zero-order chi connectivity index (χ0) is 15.1. The molecule has 4 heteroatoms. The molecule has 0 radical (unpaired) electrons. The second-order valence-electron chi connectivity index (χ2n) is 6.87. The number of ether oxygens (including phenoxy) is 1. The fraction of sp³-hybridized carbons (Fsp3) is 0.625. The van der Waals surface area contributed by atoms with Crippen LogP contribution in [0.5, 0.6) is 5.75 Å². The Balaban J connectivity index is 2.14. The number of hydrogen-bond acceptors (Lipinski definition) is 3. The molecule has 0 spiro atoms. The lowest BCUT2D eigenvalue weighted by atomic mass is 9.97. The number of hydrazine groups is 1. The molecule has 1 aromatic carbocycles. The zero-order valence-corrected chi connectivity index (χ0v) is 14.5. The van der Waals surface area contributed by atoms with Crippen LogP contribution in [0.15, 0.2) is 22.7 Å². The molecule has 1 fully saturated rings. The minimum absolute atomic E-state index is 0.292. The third-order valence-electron chi connectivity index (χ3n) is 5.42. The summed E-state index contributed by atoms with van der Waals surface area (Å²) in [5.41, 5.74) is 4.94. The molecule has 2 rings (SSSR count). The topological polar surface area (TPSA) is 47.3 Å². The number of nitrogens with one attached hydrogen (secondary N) is 1. The van der Waals surface area contributed by atoms with E-state index in [1.54, 1.807) is 7.11 Å². The first kappa shape index (κ1) is 15.8. The van der Waals surface area contributed by atoms with Crippen LogP contribution in [0.1, 0.15) is 33.3 Å². The molecule has 0 saturated heterocycles. The van der Waals surface area contributed by atoms with E-state index < -0.39 is 0 Å². The Morgan fingerprint density at radius 2 is 1.90 bits per heavy atom. The summed E-state index contributed by atoms with van der Waals surface area (Å²) < 4.78 is 6.26. The van der Waals surface area contributed by atoms with Gasteiger partial charge in [0.25, 0.3) is 0 Å². The summed E-state index contributed by atoms with van der Waals surface area (Å²) in [6, 6.07) is 6.51. The number of methoxy groups -OCH3 is 1. The molecule has 0 bridgehead atoms. The van der Waals surface area contributed by atoms with Gasteiger partial charge in [-0.1, -0.05) is 33.8 Å². The Morgan fingerprint density at radius 3 is 2.30 bits per heavy atom. The van der Waals surface area contributed by atoms with E-state index in [-0.39, 0.29) is 0 Å². The highest BCUT2D eigenvalue weighted by atomic mass is 79.9. The first-order chi connectivity index (χ1) is 9.25. The molecule has 0 heterocycles. The van der Waals surface area contributed by atoms with Crippen molar-refractivity contribution in [3.63, 3.8) is 0 Å². The van der Waals surface area contributed by atoms with Crippen molar-refractivity contribution >= 4 is 15.9 Å². The van der Waals surface area contributed by atoms with Crippen LogP contribution in [0.4, 0.5) is 0 Å². The molecule has 112 valence electrons. The van der Waals surface area contributed by atoms with Crippen LogP contribution in [0, 0.1) is 16.7 Å². The largest absolute Gasteiger partial charge is 0.496 e. The molecule has 20 heavy (non-hydrogen) atoms. The summed E-state index contributed by atoms with van der Waals surface area (Å²) in [7, 11) is 1.68. The highest BCUT2D eigenvalue weighted by molar-refractivity contribution is 9.10. The molecule has 1 saturated carbocycles. The van der Waals surface area contributed by atoms with Crippen LogP contribution in [0.2, 0.25) is 0 Å². The van der Waals surface area contributed by atoms with Crippen molar-refractivity contribution in [2.45, 2.75) is 40.2 Å². The van der Waals surface area contributed by atoms with Gasteiger partial charge in [0, 0.05) is 6.04 Å². The molecule has 3 nitrogen and oxygen atoms in total. The molecule has 1 aliphatic carbocycles. The second-order valence-corrected chi connectivity index (χ2v) is 7.72. The van der Waals surface area contributed by atoms with E-state index in [0.29, 0.717) is 22.8 Å². The van der Waals surface area contributed by atoms with Gasteiger partial charge in [-0.25, -0.2) is 0 Å². The molecule has 0 aromatic heterocycles. The van der Waals surface area contributed by atoms with Crippen LogP contribution in [-0.2, 0) is 6.42 Å². The highest BCUT2D eigenvalue weighted by Gasteiger charge is 2.66.